The van der Waals surface area contributed by atoms with E-state index >= 15 is 0 Å². The number of nitrogens with zero attached hydrogens (tertiary/aromatic N) is 2. The van der Waals surface area contributed by atoms with Gasteiger partial charge in [-0.15, -0.1) is 10.2 Å². The minimum Gasteiger partial charge on any atom is -0.143 e. The van der Waals surface area contributed by atoms with Gasteiger partial charge in [0, 0.05) is 12.0 Å². The molecule has 0 amide bonds. The van der Waals surface area contributed by atoms with Gasteiger partial charge in [0.1, 0.15) is 10.0 Å². The van der Waals surface area contributed by atoms with Gasteiger partial charge in [-0.25, -0.2) is 0 Å². The molecule has 3 rings (SSSR count). The number of aryl methyl sites for hydroxylation is 4. The lowest BCUT2D eigenvalue weighted by Gasteiger charge is -2.04. The highest BCUT2D eigenvalue weighted by molar-refractivity contribution is 7.14. The number of rotatable bonds is 7. The molecule has 3 heteroatoms. The summed E-state index contributed by atoms with van der Waals surface area (Å²) in [6.07, 6.45) is 5.40. The van der Waals surface area contributed by atoms with E-state index in [0.29, 0.717) is 0 Å². The third-order valence-electron chi connectivity index (χ3n) is 4.27. The van der Waals surface area contributed by atoms with Gasteiger partial charge in [0.05, 0.1) is 0 Å². The van der Waals surface area contributed by atoms with E-state index in [-0.39, 0.29) is 0 Å². The maximum atomic E-state index is 4.31. The first kappa shape index (κ1) is 16.8. The molecule has 1 aromatic heterocycles. The molecule has 0 atom stereocenters. The summed E-state index contributed by atoms with van der Waals surface area (Å²) in [5.74, 6) is 0. The molecule has 2 nitrogen and oxygen atoms in total. The van der Waals surface area contributed by atoms with Crippen molar-refractivity contribution in [3.63, 3.8) is 0 Å². The molecule has 0 N–H and O–H groups in total. The molecular formula is C21H24N2S. The van der Waals surface area contributed by atoms with Crippen LogP contribution in [0.1, 0.15) is 42.0 Å². The average Bonchev–Trinajstić information content (AvgIpc) is 3.10. The quantitative estimate of drug-likeness (QED) is 0.569. The maximum absolute atomic E-state index is 4.31. The summed E-state index contributed by atoms with van der Waals surface area (Å²) < 4.78 is 0. The molecular weight excluding hydrogens is 312 g/mol. The molecule has 2 aromatic carbocycles. The van der Waals surface area contributed by atoms with Crippen LogP contribution in [0.15, 0.2) is 48.5 Å². The highest BCUT2D eigenvalue weighted by atomic mass is 32.1. The van der Waals surface area contributed by atoms with Gasteiger partial charge in [-0.1, -0.05) is 73.7 Å². The van der Waals surface area contributed by atoms with Gasteiger partial charge in [0.25, 0.3) is 0 Å². The monoisotopic (exact) mass is 336 g/mol. The van der Waals surface area contributed by atoms with Crippen LogP contribution in [0, 0.1) is 0 Å². The Balaban J connectivity index is 1.61. The lowest BCUT2D eigenvalue weighted by molar-refractivity contribution is 0.879. The normalized spacial score (nSPS) is 10.9. The van der Waals surface area contributed by atoms with Crippen molar-refractivity contribution in [3.05, 3.63) is 70.2 Å². The van der Waals surface area contributed by atoms with Crippen LogP contribution in [-0.4, -0.2) is 10.2 Å². The first-order valence-electron chi connectivity index (χ1n) is 8.78. The fraction of sp³-hybridized carbons (Fsp3) is 0.333. The lowest BCUT2D eigenvalue weighted by atomic mass is 10.0. The van der Waals surface area contributed by atoms with E-state index in [2.05, 4.69) is 72.6 Å². The molecule has 0 aliphatic carbocycles. The molecule has 0 aliphatic rings. The Morgan fingerprint density at radius 1 is 0.708 bits per heavy atom. The summed E-state index contributed by atoms with van der Waals surface area (Å²) in [7, 11) is 0. The van der Waals surface area contributed by atoms with Crippen LogP contribution in [0.25, 0.3) is 10.6 Å². The molecule has 0 bridgehead atoms. The summed E-state index contributed by atoms with van der Waals surface area (Å²) in [6, 6.07) is 17.8. The summed E-state index contributed by atoms with van der Waals surface area (Å²) in [6.45, 7) is 4.37. The number of hydrogen-bond acceptors (Lipinski definition) is 3. The topological polar surface area (TPSA) is 25.8 Å². The third kappa shape index (κ3) is 4.30. The second kappa shape index (κ2) is 8.20. The lowest BCUT2D eigenvalue weighted by Crippen LogP contribution is -1.92. The highest BCUT2D eigenvalue weighted by Crippen LogP contribution is 2.24. The van der Waals surface area contributed by atoms with Crippen molar-refractivity contribution in [2.24, 2.45) is 0 Å². The van der Waals surface area contributed by atoms with Crippen LogP contribution in [-0.2, 0) is 25.7 Å². The molecule has 0 spiro atoms. The van der Waals surface area contributed by atoms with Crippen molar-refractivity contribution in [2.75, 3.05) is 0 Å². The van der Waals surface area contributed by atoms with E-state index in [1.807, 2.05) is 0 Å². The first-order chi connectivity index (χ1) is 11.8. The minimum absolute atomic E-state index is 1.02. The zero-order valence-corrected chi connectivity index (χ0v) is 15.3. The number of hydrogen-bond donors (Lipinski definition) is 0. The van der Waals surface area contributed by atoms with E-state index < -0.39 is 0 Å². The third-order valence-corrected chi connectivity index (χ3v) is 5.30. The van der Waals surface area contributed by atoms with E-state index in [1.165, 1.54) is 22.3 Å². The summed E-state index contributed by atoms with van der Waals surface area (Å²) in [5, 5.41) is 10.7. The minimum atomic E-state index is 1.02. The van der Waals surface area contributed by atoms with Crippen LogP contribution >= 0.6 is 11.3 Å². The van der Waals surface area contributed by atoms with Crippen LogP contribution in [0.3, 0.4) is 0 Å². The van der Waals surface area contributed by atoms with Gasteiger partial charge >= 0.3 is 0 Å². The van der Waals surface area contributed by atoms with E-state index in [0.717, 1.165) is 42.1 Å². The summed E-state index contributed by atoms with van der Waals surface area (Å²) in [4.78, 5) is 0. The average molecular weight is 337 g/mol. The molecule has 0 radical (unpaired) electrons. The zero-order chi connectivity index (χ0) is 16.8. The standard InChI is InChI=1S/C21H24N2S/c1-3-5-20-22-23-21(24-20)19-14-12-18(13-15-19)11-10-17-8-6-16(4-2)7-9-17/h6-9,12-15H,3-5,10-11H2,1-2H3. The fourth-order valence-corrected chi connectivity index (χ4v) is 3.68. The molecule has 124 valence electrons. The van der Waals surface area contributed by atoms with E-state index in [1.54, 1.807) is 11.3 Å². The molecule has 0 saturated heterocycles. The molecule has 0 fully saturated rings. The van der Waals surface area contributed by atoms with Gasteiger partial charge < -0.3 is 0 Å². The van der Waals surface area contributed by atoms with Crippen LogP contribution in [0.5, 0.6) is 0 Å². The van der Waals surface area contributed by atoms with Crippen molar-refractivity contribution in [3.8, 4) is 10.6 Å². The van der Waals surface area contributed by atoms with Gasteiger partial charge in [-0.3, -0.25) is 0 Å². The van der Waals surface area contributed by atoms with Gasteiger partial charge in [-0.05, 0) is 42.4 Å². The SMILES string of the molecule is CCCc1nnc(-c2ccc(CCc3ccc(CC)cc3)cc2)s1. The van der Waals surface area contributed by atoms with E-state index in [4.69, 9.17) is 0 Å². The van der Waals surface area contributed by atoms with Crippen LogP contribution in [0.2, 0.25) is 0 Å². The molecule has 0 saturated carbocycles. The van der Waals surface area contributed by atoms with Crippen molar-refractivity contribution < 1.29 is 0 Å². The Bertz CT molecular complexity index is 757. The Labute approximate surface area is 148 Å². The Morgan fingerprint density at radius 2 is 1.29 bits per heavy atom. The highest BCUT2D eigenvalue weighted by Gasteiger charge is 2.06. The van der Waals surface area contributed by atoms with E-state index in [9.17, 15) is 0 Å². The smallest absolute Gasteiger partial charge is 0.143 e. The molecule has 0 unspecified atom stereocenters. The Kier molecular flexibility index (Phi) is 5.76. The van der Waals surface area contributed by atoms with Gasteiger partial charge in [0.2, 0.25) is 0 Å². The molecule has 0 aliphatic heterocycles. The van der Waals surface area contributed by atoms with Gasteiger partial charge in [-0.2, -0.15) is 0 Å². The molecule has 1 heterocycles. The number of aromatic nitrogens is 2. The number of benzene rings is 2. The van der Waals surface area contributed by atoms with Crippen LogP contribution < -0.4 is 0 Å². The summed E-state index contributed by atoms with van der Waals surface area (Å²) in [5.41, 5.74) is 5.36. The van der Waals surface area contributed by atoms with Crippen molar-refractivity contribution in [2.45, 2.75) is 46.0 Å². The first-order valence-corrected chi connectivity index (χ1v) is 9.59. The zero-order valence-electron chi connectivity index (χ0n) is 14.5. The molecule has 3 aromatic rings. The Hall–Kier alpha value is -2.00. The predicted molar refractivity (Wildman–Crippen MR) is 103 cm³/mol. The van der Waals surface area contributed by atoms with Gasteiger partial charge in [0.15, 0.2) is 0 Å². The second-order valence-electron chi connectivity index (χ2n) is 6.12. The summed E-state index contributed by atoms with van der Waals surface area (Å²) >= 11 is 1.71. The van der Waals surface area contributed by atoms with Crippen LogP contribution in [0.4, 0.5) is 0 Å². The molecule has 24 heavy (non-hydrogen) atoms. The predicted octanol–water partition coefficient (Wildman–Crippen LogP) is 5.51. The Morgan fingerprint density at radius 3 is 1.88 bits per heavy atom. The maximum Gasteiger partial charge on any atom is 0.147 e. The largest absolute Gasteiger partial charge is 0.147 e. The fourth-order valence-electron chi connectivity index (χ4n) is 2.73. The van der Waals surface area contributed by atoms with Crippen molar-refractivity contribution in [1.82, 2.24) is 10.2 Å². The second-order valence-corrected chi connectivity index (χ2v) is 7.18. The van der Waals surface area contributed by atoms with Crippen molar-refractivity contribution >= 4 is 11.3 Å². The van der Waals surface area contributed by atoms with Crippen molar-refractivity contribution in [1.29, 1.82) is 0 Å².